The molecule has 1 aromatic carbocycles. The molecule has 0 aromatic heterocycles. The van der Waals surface area contributed by atoms with E-state index in [1.807, 2.05) is 0 Å². The van der Waals surface area contributed by atoms with Gasteiger partial charge in [0.25, 0.3) is 0 Å². The molecule has 2 rings (SSSR count). The predicted octanol–water partition coefficient (Wildman–Crippen LogP) is 4.65. The van der Waals surface area contributed by atoms with E-state index in [2.05, 4.69) is 0 Å². The number of allylic oxidation sites excluding steroid dienone is 3. The first-order valence-electron chi connectivity index (χ1n) is 7.91. The minimum absolute atomic E-state index is 0.105. The molecule has 2 atom stereocenters. The normalized spacial score (nSPS) is 23.6. The van der Waals surface area contributed by atoms with Crippen molar-refractivity contribution in [3.05, 3.63) is 59.4 Å². The molecule has 1 aromatic rings. The van der Waals surface area contributed by atoms with E-state index in [0.29, 0.717) is 12.8 Å². The molecule has 0 bridgehead atoms. The SMILES string of the molecule is OCCCCCCOC1=CC(F)C(F)(c2ccccc2F)C(F)=C1. The second-order valence-corrected chi connectivity index (χ2v) is 5.64. The fraction of sp³-hybridized carbons (Fsp3) is 0.444. The van der Waals surface area contributed by atoms with Crippen LogP contribution in [-0.4, -0.2) is 24.5 Å². The molecule has 1 aliphatic carbocycles. The summed E-state index contributed by atoms with van der Waals surface area (Å²) in [6.07, 6.45) is 2.18. The molecule has 2 nitrogen and oxygen atoms in total. The van der Waals surface area contributed by atoms with Crippen LogP contribution in [-0.2, 0) is 10.4 Å². The monoisotopic (exact) mass is 344 g/mol. The highest BCUT2D eigenvalue weighted by molar-refractivity contribution is 5.41. The largest absolute Gasteiger partial charge is 0.494 e. The summed E-state index contributed by atoms with van der Waals surface area (Å²) in [4.78, 5) is 0. The maximum absolute atomic E-state index is 14.9. The van der Waals surface area contributed by atoms with E-state index in [-0.39, 0.29) is 19.0 Å². The first-order chi connectivity index (χ1) is 11.5. The van der Waals surface area contributed by atoms with Crippen LogP contribution in [0.1, 0.15) is 31.2 Å². The van der Waals surface area contributed by atoms with E-state index in [4.69, 9.17) is 9.84 Å². The number of halogens is 4. The summed E-state index contributed by atoms with van der Waals surface area (Å²) in [6, 6.07) is 4.62. The Morgan fingerprint density at radius 3 is 2.46 bits per heavy atom. The topological polar surface area (TPSA) is 29.5 Å². The van der Waals surface area contributed by atoms with E-state index in [1.54, 1.807) is 0 Å². The van der Waals surface area contributed by atoms with Gasteiger partial charge in [-0.25, -0.2) is 17.6 Å². The zero-order valence-electron chi connectivity index (χ0n) is 13.2. The van der Waals surface area contributed by atoms with Crippen molar-refractivity contribution in [1.82, 2.24) is 0 Å². The molecular weight excluding hydrogens is 324 g/mol. The Morgan fingerprint density at radius 1 is 1.08 bits per heavy atom. The molecule has 0 radical (unpaired) electrons. The van der Waals surface area contributed by atoms with Gasteiger partial charge in [0.2, 0.25) is 5.67 Å². The summed E-state index contributed by atoms with van der Waals surface area (Å²) in [5.74, 6) is -2.53. The molecule has 1 N–H and O–H groups in total. The van der Waals surface area contributed by atoms with Crippen molar-refractivity contribution in [2.24, 2.45) is 0 Å². The van der Waals surface area contributed by atoms with Crippen molar-refractivity contribution in [3.63, 3.8) is 0 Å². The molecule has 0 aliphatic heterocycles. The van der Waals surface area contributed by atoms with E-state index in [0.717, 1.165) is 37.1 Å². The number of ether oxygens (including phenoxy) is 1. The highest BCUT2D eigenvalue weighted by Gasteiger charge is 2.49. The van der Waals surface area contributed by atoms with E-state index >= 15 is 0 Å². The van der Waals surface area contributed by atoms with Gasteiger partial charge in [0, 0.05) is 18.2 Å². The smallest absolute Gasteiger partial charge is 0.224 e. The fourth-order valence-corrected chi connectivity index (χ4v) is 2.55. The van der Waals surface area contributed by atoms with Crippen LogP contribution in [0.4, 0.5) is 17.6 Å². The minimum Gasteiger partial charge on any atom is -0.494 e. The van der Waals surface area contributed by atoms with Crippen molar-refractivity contribution >= 4 is 0 Å². The molecule has 6 heteroatoms. The molecule has 0 saturated heterocycles. The molecule has 0 fully saturated rings. The first-order valence-corrected chi connectivity index (χ1v) is 7.91. The van der Waals surface area contributed by atoms with Crippen LogP contribution < -0.4 is 0 Å². The number of rotatable bonds is 8. The average Bonchev–Trinajstić information content (AvgIpc) is 2.56. The van der Waals surface area contributed by atoms with E-state index in [1.165, 1.54) is 12.1 Å². The maximum Gasteiger partial charge on any atom is 0.224 e. The third-order valence-corrected chi connectivity index (χ3v) is 3.89. The van der Waals surface area contributed by atoms with Crippen LogP contribution in [0.3, 0.4) is 0 Å². The molecule has 2 unspecified atom stereocenters. The van der Waals surface area contributed by atoms with Crippen molar-refractivity contribution in [1.29, 1.82) is 0 Å². The Hall–Kier alpha value is -1.82. The van der Waals surface area contributed by atoms with Crippen LogP contribution >= 0.6 is 0 Å². The highest BCUT2D eigenvalue weighted by Crippen LogP contribution is 2.44. The minimum atomic E-state index is -3.18. The zero-order valence-corrected chi connectivity index (χ0v) is 13.2. The summed E-state index contributed by atoms with van der Waals surface area (Å²) in [6.45, 7) is 0.352. The lowest BCUT2D eigenvalue weighted by molar-refractivity contribution is 0.0734. The maximum atomic E-state index is 14.9. The van der Waals surface area contributed by atoms with Gasteiger partial charge in [0.05, 0.1) is 6.61 Å². The second-order valence-electron chi connectivity index (χ2n) is 5.64. The highest BCUT2D eigenvalue weighted by atomic mass is 19.2. The summed E-state index contributed by atoms with van der Waals surface area (Å²) in [7, 11) is 0. The second kappa shape index (κ2) is 8.33. The summed E-state index contributed by atoms with van der Waals surface area (Å²) in [5.41, 5.74) is -3.86. The quantitative estimate of drug-likeness (QED) is 0.549. The lowest BCUT2D eigenvalue weighted by Gasteiger charge is -2.29. The van der Waals surface area contributed by atoms with Crippen molar-refractivity contribution < 1.29 is 27.4 Å². The van der Waals surface area contributed by atoms with Gasteiger partial charge in [0.1, 0.15) is 17.4 Å². The molecular formula is C18H20F4O2. The molecule has 24 heavy (non-hydrogen) atoms. The molecule has 0 saturated carbocycles. The summed E-state index contributed by atoms with van der Waals surface area (Å²) in [5, 5.41) is 8.65. The fourth-order valence-electron chi connectivity index (χ4n) is 2.55. The molecule has 132 valence electrons. The van der Waals surface area contributed by atoms with Crippen molar-refractivity contribution in [2.45, 2.75) is 37.5 Å². The number of hydrogen-bond donors (Lipinski definition) is 1. The van der Waals surface area contributed by atoms with Crippen LogP contribution in [0, 0.1) is 5.82 Å². The lowest BCUT2D eigenvalue weighted by atomic mass is 9.85. The Morgan fingerprint density at radius 2 is 1.79 bits per heavy atom. The number of aliphatic hydroxyl groups excluding tert-OH is 1. The van der Waals surface area contributed by atoms with Gasteiger partial charge in [-0.15, -0.1) is 0 Å². The van der Waals surface area contributed by atoms with Gasteiger partial charge in [-0.2, -0.15) is 0 Å². The number of alkyl halides is 2. The van der Waals surface area contributed by atoms with Gasteiger partial charge in [-0.3, -0.25) is 0 Å². The van der Waals surface area contributed by atoms with Crippen LogP contribution in [0.25, 0.3) is 0 Å². The predicted molar refractivity (Wildman–Crippen MR) is 82.9 cm³/mol. The van der Waals surface area contributed by atoms with E-state index < -0.39 is 29.0 Å². The first kappa shape index (κ1) is 18.5. The average molecular weight is 344 g/mol. The Labute approximate surface area is 138 Å². The van der Waals surface area contributed by atoms with Gasteiger partial charge in [0.15, 0.2) is 6.17 Å². The van der Waals surface area contributed by atoms with Gasteiger partial charge in [-0.05, 0) is 31.4 Å². The van der Waals surface area contributed by atoms with Gasteiger partial charge in [-0.1, -0.05) is 24.6 Å². The summed E-state index contributed by atoms with van der Waals surface area (Å²) >= 11 is 0. The third kappa shape index (κ3) is 3.98. The van der Waals surface area contributed by atoms with Crippen LogP contribution in [0.15, 0.2) is 48.0 Å². The van der Waals surface area contributed by atoms with Crippen LogP contribution in [0.2, 0.25) is 0 Å². The third-order valence-electron chi connectivity index (χ3n) is 3.89. The van der Waals surface area contributed by atoms with Crippen molar-refractivity contribution in [2.75, 3.05) is 13.2 Å². The molecule has 1 aliphatic rings. The lowest BCUT2D eigenvalue weighted by Crippen LogP contribution is -2.35. The Balaban J connectivity index is 2.02. The van der Waals surface area contributed by atoms with Crippen molar-refractivity contribution in [3.8, 4) is 0 Å². The summed E-state index contributed by atoms with van der Waals surface area (Å²) < 4.78 is 62.3. The Bertz CT molecular complexity index is 615. The van der Waals surface area contributed by atoms with Gasteiger partial charge < -0.3 is 9.84 Å². The molecule has 0 heterocycles. The standard InChI is InChI=1S/C18H20F4O2/c19-15-8-4-3-7-14(15)18(22)16(20)11-13(12-17(18)21)24-10-6-2-1-5-9-23/h3-4,7-8,11-12,16,23H,1-2,5-6,9-10H2. The van der Waals surface area contributed by atoms with Crippen LogP contribution in [0.5, 0.6) is 0 Å². The number of hydrogen-bond acceptors (Lipinski definition) is 2. The number of unbranched alkanes of at least 4 members (excludes halogenated alkanes) is 3. The molecule has 0 amide bonds. The van der Waals surface area contributed by atoms with E-state index in [9.17, 15) is 17.6 Å². The number of aliphatic hydroxyl groups is 1. The number of benzene rings is 1. The molecule has 0 spiro atoms. The zero-order chi connectivity index (χ0) is 17.6. The Kier molecular flexibility index (Phi) is 6.43. The van der Waals surface area contributed by atoms with Gasteiger partial charge >= 0.3 is 0 Å².